The number of amides is 2. The number of anilines is 1. The summed E-state index contributed by atoms with van der Waals surface area (Å²) in [5, 5.41) is 5.68. The lowest BCUT2D eigenvalue weighted by Gasteiger charge is -2.17. The second-order valence-electron chi connectivity index (χ2n) is 7.87. The van der Waals surface area contributed by atoms with Crippen LogP contribution in [0.4, 0.5) is 5.69 Å². The molecule has 0 unspecified atom stereocenters. The third-order valence-corrected chi connectivity index (χ3v) is 7.46. The number of sulfonamides is 1. The van der Waals surface area contributed by atoms with E-state index in [9.17, 15) is 18.0 Å². The van der Waals surface area contributed by atoms with Crippen LogP contribution in [0.5, 0.6) is 0 Å². The molecule has 7 nitrogen and oxygen atoms in total. The van der Waals surface area contributed by atoms with Gasteiger partial charge >= 0.3 is 0 Å². The van der Waals surface area contributed by atoms with Crippen LogP contribution >= 0.6 is 0 Å². The van der Waals surface area contributed by atoms with Gasteiger partial charge < -0.3 is 10.6 Å². The summed E-state index contributed by atoms with van der Waals surface area (Å²) in [4.78, 5) is 25.7. The fourth-order valence-electron chi connectivity index (χ4n) is 3.47. The van der Waals surface area contributed by atoms with Gasteiger partial charge in [-0.3, -0.25) is 9.59 Å². The Morgan fingerprint density at radius 2 is 1.71 bits per heavy atom. The third-order valence-electron chi connectivity index (χ3n) is 5.57. The summed E-state index contributed by atoms with van der Waals surface area (Å²) >= 11 is 0. The summed E-state index contributed by atoms with van der Waals surface area (Å²) in [6, 6.07) is 11.4. The molecule has 0 bridgehead atoms. The van der Waals surface area contributed by atoms with Gasteiger partial charge in [0.1, 0.15) is 0 Å². The normalized spacial score (nSPS) is 15.5. The van der Waals surface area contributed by atoms with Gasteiger partial charge in [-0.25, -0.2) is 8.42 Å². The van der Waals surface area contributed by atoms with Gasteiger partial charge in [-0.2, -0.15) is 4.31 Å². The highest BCUT2D eigenvalue weighted by Crippen LogP contribution is 2.24. The molecule has 0 aliphatic carbocycles. The predicted molar refractivity (Wildman–Crippen MR) is 121 cm³/mol. The highest BCUT2D eigenvalue weighted by Gasteiger charge is 2.28. The number of nitrogens with zero attached hydrogens (tertiary/aromatic N) is 1. The minimum atomic E-state index is -3.63. The quantitative estimate of drug-likeness (QED) is 0.684. The molecule has 1 atom stereocenters. The molecule has 0 aromatic heterocycles. The second kappa shape index (κ2) is 9.62. The maximum atomic E-state index is 13.0. The van der Waals surface area contributed by atoms with E-state index < -0.39 is 15.9 Å². The molecule has 1 aliphatic rings. The molecule has 2 aromatic rings. The Hall–Kier alpha value is -2.71. The summed E-state index contributed by atoms with van der Waals surface area (Å²) < 4.78 is 27.2. The molecule has 166 valence electrons. The van der Waals surface area contributed by atoms with Crippen LogP contribution in [-0.2, 0) is 10.0 Å². The smallest absolute Gasteiger partial charge is 0.255 e. The van der Waals surface area contributed by atoms with Crippen LogP contribution in [0, 0.1) is 6.92 Å². The highest BCUT2D eigenvalue weighted by atomic mass is 32.2. The van der Waals surface area contributed by atoms with Crippen LogP contribution in [0.1, 0.15) is 59.4 Å². The zero-order valence-corrected chi connectivity index (χ0v) is 19.0. The molecule has 2 N–H and O–H groups in total. The van der Waals surface area contributed by atoms with E-state index in [4.69, 9.17) is 0 Å². The number of carbonyl (C=O) groups excluding carboxylic acids is 2. The Balaban J connectivity index is 1.87. The van der Waals surface area contributed by atoms with Crippen molar-refractivity contribution in [1.82, 2.24) is 9.62 Å². The highest BCUT2D eigenvalue weighted by molar-refractivity contribution is 7.89. The molecule has 0 spiro atoms. The largest absolute Gasteiger partial charge is 0.350 e. The molecular formula is C23H29N3O4S. The van der Waals surface area contributed by atoms with Crippen LogP contribution < -0.4 is 10.6 Å². The lowest BCUT2D eigenvalue weighted by molar-refractivity contribution is 0.0940. The Morgan fingerprint density at radius 1 is 1.03 bits per heavy atom. The molecule has 1 aliphatic heterocycles. The minimum Gasteiger partial charge on any atom is -0.350 e. The van der Waals surface area contributed by atoms with Crippen molar-refractivity contribution in [3.8, 4) is 0 Å². The van der Waals surface area contributed by atoms with Gasteiger partial charge in [0.25, 0.3) is 11.8 Å². The number of carbonyl (C=O) groups is 2. The Morgan fingerprint density at radius 3 is 2.39 bits per heavy atom. The maximum Gasteiger partial charge on any atom is 0.255 e. The first kappa shape index (κ1) is 23.0. The van der Waals surface area contributed by atoms with Crippen molar-refractivity contribution in [2.45, 2.75) is 51.0 Å². The molecule has 2 amide bonds. The molecule has 0 radical (unpaired) electrons. The van der Waals surface area contributed by atoms with Crippen molar-refractivity contribution >= 4 is 27.5 Å². The maximum absolute atomic E-state index is 13.0. The average Bonchev–Trinajstić information content (AvgIpc) is 3.30. The van der Waals surface area contributed by atoms with Gasteiger partial charge in [-0.15, -0.1) is 0 Å². The summed E-state index contributed by atoms with van der Waals surface area (Å²) in [6.45, 7) is 6.63. The van der Waals surface area contributed by atoms with Gasteiger partial charge in [0.2, 0.25) is 10.0 Å². The van der Waals surface area contributed by atoms with Gasteiger partial charge in [0.05, 0.1) is 16.1 Å². The fraction of sp³-hybridized carbons (Fsp3) is 0.391. The molecule has 1 heterocycles. The van der Waals surface area contributed by atoms with E-state index in [1.807, 2.05) is 13.8 Å². The summed E-state index contributed by atoms with van der Waals surface area (Å²) in [5.41, 5.74) is 1.65. The summed E-state index contributed by atoms with van der Waals surface area (Å²) in [6.07, 6.45) is 2.47. The molecule has 1 fully saturated rings. The molecule has 31 heavy (non-hydrogen) atoms. The molecule has 0 saturated carbocycles. The number of aryl methyl sites for hydroxylation is 1. The van der Waals surface area contributed by atoms with E-state index in [0.717, 1.165) is 19.3 Å². The second-order valence-corrected chi connectivity index (χ2v) is 9.81. The zero-order chi connectivity index (χ0) is 22.6. The van der Waals surface area contributed by atoms with Crippen molar-refractivity contribution < 1.29 is 18.0 Å². The summed E-state index contributed by atoms with van der Waals surface area (Å²) in [5.74, 6) is -0.730. The minimum absolute atomic E-state index is 0.00553. The molecular weight excluding hydrogens is 414 g/mol. The monoisotopic (exact) mass is 443 g/mol. The molecule has 2 aromatic carbocycles. The van der Waals surface area contributed by atoms with Crippen LogP contribution in [0.3, 0.4) is 0 Å². The van der Waals surface area contributed by atoms with Crippen molar-refractivity contribution in [1.29, 1.82) is 0 Å². The lowest BCUT2D eigenvalue weighted by atomic mass is 10.1. The fourth-order valence-corrected chi connectivity index (χ4v) is 5.01. The van der Waals surface area contributed by atoms with E-state index >= 15 is 0 Å². The molecule has 8 heteroatoms. The van der Waals surface area contributed by atoms with Gasteiger partial charge in [0.15, 0.2) is 0 Å². The third kappa shape index (κ3) is 5.14. The average molecular weight is 444 g/mol. The van der Waals surface area contributed by atoms with Gasteiger partial charge in [-0.1, -0.05) is 25.1 Å². The van der Waals surface area contributed by atoms with E-state index in [2.05, 4.69) is 10.6 Å². The SMILES string of the molecule is CC[C@H](C)NC(=O)c1ccccc1NC(=O)c1cc(S(=O)(=O)N2CCCC2)ccc1C. The van der Waals surface area contributed by atoms with Crippen LogP contribution in [0.2, 0.25) is 0 Å². The van der Waals surface area contributed by atoms with Crippen molar-refractivity contribution in [2.75, 3.05) is 18.4 Å². The molecule has 1 saturated heterocycles. The van der Waals surface area contributed by atoms with Gasteiger partial charge in [-0.05, 0) is 62.9 Å². The van der Waals surface area contributed by atoms with Crippen molar-refractivity contribution in [3.05, 3.63) is 59.2 Å². The number of rotatable bonds is 7. The van der Waals surface area contributed by atoms with E-state index in [0.29, 0.717) is 29.9 Å². The van der Waals surface area contributed by atoms with Crippen LogP contribution in [0.25, 0.3) is 0 Å². The zero-order valence-electron chi connectivity index (χ0n) is 18.1. The Bertz CT molecular complexity index is 1080. The predicted octanol–water partition coefficient (Wildman–Crippen LogP) is 3.56. The Labute approximate surface area is 183 Å². The first-order valence-electron chi connectivity index (χ1n) is 10.6. The van der Waals surface area contributed by atoms with Crippen molar-refractivity contribution in [3.63, 3.8) is 0 Å². The van der Waals surface area contributed by atoms with Gasteiger partial charge in [0, 0.05) is 24.7 Å². The number of hydrogen-bond acceptors (Lipinski definition) is 4. The standard InChI is InChI=1S/C23H29N3O4S/c1-4-17(3)24-22(27)19-9-5-6-10-21(19)25-23(28)20-15-18(12-11-16(20)2)31(29,30)26-13-7-8-14-26/h5-6,9-12,15,17H,4,7-8,13-14H2,1-3H3,(H,24,27)(H,25,28)/t17-/m0/s1. The Kier molecular flexibility index (Phi) is 7.12. The number of hydrogen-bond donors (Lipinski definition) is 2. The number of benzene rings is 2. The van der Waals surface area contributed by atoms with Crippen LogP contribution in [0.15, 0.2) is 47.4 Å². The van der Waals surface area contributed by atoms with Crippen LogP contribution in [-0.4, -0.2) is 43.7 Å². The first-order chi connectivity index (χ1) is 14.7. The molecule has 3 rings (SSSR count). The topological polar surface area (TPSA) is 95.6 Å². The number of nitrogens with one attached hydrogen (secondary N) is 2. The lowest BCUT2D eigenvalue weighted by Crippen LogP contribution is -2.32. The van der Waals surface area contributed by atoms with E-state index in [-0.39, 0.29) is 22.4 Å². The van der Waals surface area contributed by atoms with E-state index in [1.54, 1.807) is 37.3 Å². The van der Waals surface area contributed by atoms with Crippen molar-refractivity contribution in [2.24, 2.45) is 0 Å². The summed E-state index contributed by atoms with van der Waals surface area (Å²) in [7, 11) is -3.63. The number of para-hydroxylation sites is 1. The van der Waals surface area contributed by atoms with E-state index in [1.165, 1.54) is 16.4 Å². The first-order valence-corrected chi connectivity index (χ1v) is 12.0.